The summed E-state index contributed by atoms with van der Waals surface area (Å²) < 4.78 is 65.8. The number of hydrogen-bond acceptors (Lipinski definition) is 8. The second kappa shape index (κ2) is 11.5. The summed E-state index contributed by atoms with van der Waals surface area (Å²) >= 11 is 0. The molecule has 1 fully saturated rings. The third-order valence-electron chi connectivity index (χ3n) is 6.34. The Hall–Kier alpha value is -4.16. The molecule has 4 N–H and O–H groups in total. The highest BCUT2D eigenvalue weighted by Gasteiger charge is 2.28. The van der Waals surface area contributed by atoms with Crippen molar-refractivity contribution in [3.8, 4) is 0 Å². The van der Waals surface area contributed by atoms with Crippen LogP contribution in [0.5, 0.6) is 0 Å². The molecule has 0 saturated heterocycles. The molecule has 1 saturated carbocycles. The third-order valence-corrected chi connectivity index (χ3v) is 6.34. The summed E-state index contributed by atoms with van der Waals surface area (Å²) in [7, 11) is 0. The minimum Gasteiger partial charge on any atom is -0.466 e. The van der Waals surface area contributed by atoms with Gasteiger partial charge in [-0.3, -0.25) is 9.59 Å². The van der Waals surface area contributed by atoms with E-state index in [4.69, 9.17) is 14.9 Å². The van der Waals surface area contributed by atoms with Crippen molar-refractivity contribution in [3.63, 3.8) is 0 Å². The van der Waals surface area contributed by atoms with E-state index in [1.807, 2.05) is 0 Å². The Bertz CT molecular complexity index is 1340. The van der Waals surface area contributed by atoms with Gasteiger partial charge >= 0.3 is 23.8 Å². The summed E-state index contributed by atoms with van der Waals surface area (Å²) in [5.74, 6) is -6.36. The number of anilines is 4. The Labute approximate surface area is 214 Å². The lowest BCUT2D eigenvalue weighted by atomic mass is 9.79. The number of nitrogens with zero attached hydrogens (tertiary/aromatic N) is 2. The molecule has 1 aromatic heterocycles. The predicted molar refractivity (Wildman–Crippen MR) is 128 cm³/mol. The van der Waals surface area contributed by atoms with Crippen molar-refractivity contribution in [3.05, 3.63) is 59.0 Å². The molecular formula is C25H25F4N5O4. The number of amides is 1. The normalized spacial score (nSPS) is 17.2. The molecule has 2 aromatic carbocycles. The second-order valence-corrected chi connectivity index (χ2v) is 8.91. The van der Waals surface area contributed by atoms with E-state index in [-0.39, 0.29) is 29.2 Å². The van der Waals surface area contributed by atoms with E-state index in [1.54, 1.807) is 13.0 Å². The van der Waals surface area contributed by atoms with Crippen LogP contribution in [0.1, 0.15) is 48.9 Å². The Balaban J connectivity index is 1.41. The number of carbonyl (C=O) groups excluding carboxylic acids is 2. The molecule has 0 bridgehead atoms. The minimum absolute atomic E-state index is 0.0349. The fourth-order valence-electron chi connectivity index (χ4n) is 4.36. The van der Waals surface area contributed by atoms with Crippen LogP contribution in [0.25, 0.3) is 0 Å². The molecular weight excluding hydrogens is 510 g/mol. The summed E-state index contributed by atoms with van der Waals surface area (Å²) in [6, 6.07) is 3.39. The van der Waals surface area contributed by atoms with Crippen LogP contribution in [0.2, 0.25) is 0 Å². The largest absolute Gasteiger partial charge is 0.466 e. The SMILES string of the molecule is CCOC(=O)C1CCC(Cc2ccc(N)c(NC(=O)c3nnc(Nc4cc(F)c(F)cc4F)o3)c2F)CC1. The molecule has 0 unspecified atom stereocenters. The maximum Gasteiger partial charge on any atom is 0.320 e. The van der Waals surface area contributed by atoms with Gasteiger partial charge in [-0.05, 0) is 56.6 Å². The first kappa shape index (κ1) is 26.9. The van der Waals surface area contributed by atoms with E-state index >= 15 is 4.39 Å². The molecule has 1 aliphatic rings. The van der Waals surface area contributed by atoms with Crippen LogP contribution in [0.4, 0.5) is 40.6 Å². The van der Waals surface area contributed by atoms with E-state index in [0.717, 1.165) is 12.8 Å². The number of ether oxygens (including phenoxy) is 1. The first-order chi connectivity index (χ1) is 18.2. The van der Waals surface area contributed by atoms with Crippen molar-refractivity contribution in [2.75, 3.05) is 23.0 Å². The molecule has 3 aromatic rings. The van der Waals surface area contributed by atoms with E-state index in [2.05, 4.69) is 20.8 Å². The van der Waals surface area contributed by atoms with Crippen LogP contribution in [0.3, 0.4) is 0 Å². The summed E-state index contributed by atoms with van der Waals surface area (Å²) in [6.45, 7) is 2.09. The number of benzene rings is 2. The van der Waals surface area contributed by atoms with Gasteiger partial charge in [0.1, 0.15) is 11.5 Å². The van der Waals surface area contributed by atoms with Gasteiger partial charge in [0.25, 0.3) is 0 Å². The first-order valence-electron chi connectivity index (χ1n) is 12.0. The Kier molecular flexibility index (Phi) is 8.13. The van der Waals surface area contributed by atoms with E-state index in [9.17, 15) is 22.8 Å². The number of nitrogens with one attached hydrogen (secondary N) is 2. The van der Waals surface area contributed by atoms with Gasteiger partial charge in [0.15, 0.2) is 17.5 Å². The zero-order valence-corrected chi connectivity index (χ0v) is 20.3. The number of hydrogen-bond donors (Lipinski definition) is 3. The lowest BCUT2D eigenvalue weighted by Gasteiger charge is -2.27. The Morgan fingerprint density at radius 2 is 1.76 bits per heavy atom. The minimum atomic E-state index is -1.38. The molecule has 1 heterocycles. The van der Waals surface area contributed by atoms with Crippen molar-refractivity contribution < 1.29 is 36.3 Å². The lowest BCUT2D eigenvalue weighted by molar-refractivity contribution is -0.149. The number of rotatable bonds is 8. The highest BCUT2D eigenvalue weighted by atomic mass is 19.2. The number of nitrogens with two attached hydrogens (primary N) is 1. The molecule has 1 aliphatic carbocycles. The van der Waals surface area contributed by atoms with Crippen molar-refractivity contribution in [2.24, 2.45) is 11.8 Å². The highest BCUT2D eigenvalue weighted by molar-refractivity contribution is 6.03. The number of halogens is 4. The van der Waals surface area contributed by atoms with Crippen LogP contribution < -0.4 is 16.4 Å². The second-order valence-electron chi connectivity index (χ2n) is 8.91. The Morgan fingerprint density at radius 1 is 1.05 bits per heavy atom. The molecule has 38 heavy (non-hydrogen) atoms. The first-order valence-corrected chi connectivity index (χ1v) is 12.0. The van der Waals surface area contributed by atoms with Crippen molar-refractivity contribution in [2.45, 2.75) is 39.0 Å². The lowest BCUT2D eigenvalue weighted by Crippen LogP contribution is -2.24. The summed E-state index contributed by atoms with van der Waals surface area (Å²) in [5, 5.41) is 11.6. The molecule has 1 amide bonds. The van der Waals surface area contributed by atoms with Gasteiger partial charge in [0.05, 0.1) is 23.9 Å². The van der Waals surface area contributed by atoms with Crippen LogP contribution >= 0.6 is 0 Å². The van der Waals surface area contributed by atoms with Gasteiger partial charge in [0, 0.05) is 12.1 Å². The van der Waals surface area contributed by atoms with Crippen LogP contribution in [0.15, 0.2) is 28.7 Å². The van der Waals surface area contributed by atoms with Crippen molar-refractivity contribution in [1.82, 2.24) is 10.2 Å². The van der Waals surface area contributed by atoms with E-state index < -0.39 is 46.8 Å². The van der Waals surface area contributed by atoms with Crippen molar-refractivity contribution in [1.29, 1.82) is 0 Å². The summed E-state index contributed by atoms with van der Waals surface area (Å²) in [4.78, 5) is 24.6. The van der Waals surface area contributed by atoms with Crippen LogP contribution in [-0.4, -0.2) is 28.7 Å². The van der Waals surface area contributed by atoms with Gasteiger partial charge in [-0.15, -0.1) is 5.10 Å². The number of aromatic nitrogens is 2. The average Bonchev–Trinajstić information content (AvgIpc) is 3.36. The van der Waals surface area contributed by atoms with Gasteiger partial charge in [-0.2, -0.15) is 0 Å². The third kappa shape index (κ3) is 6.03. The van der Waals surface area contributed by atoms with Crippen molar-refractivity contribution >= 4 is 35.0 Å². The Morgan fingerprint density at radius 3 is 2.47 bits per heavy atom. The standard InChI is InChI=1S/C25H25F4N5O4/c1-2-37-24(36)13-5-3-12(4-6-13)9-14-7-8-18(30)21(20(14)29)32-22(35)23-33-34-25(38-23)31-19-11-16(27)15(26)10-17(19)28/h7-8,10-13H,2-6,9,30H2,1H3,(H,31,34)(H,32,35). The maximum atomic E-state index is 15.3. The summed E-state index contributed by atoms with van der Waals surface area (Å²) in [6.07, 6.45) is 3.16. The maximum absolute atomic E-state index is 15.3. The molecule has 202 valence electrons. The molecule has 0 radical (unpaired) electrons. The molecule has 13 heteroatoms. The van der Waals surface area contributed by atoms with E-state index in [1.165, 1.54) is 6.07 Å². The average molecular weight is 535 g/mol. The monoisotopic (exact) mass is 535 g/mol. The molecule has 9 nitrogen and oxygen atoms in total. The fourth-order valence-corrected chi connectivity index (χ4v) is 4.36. The molecule has 0 aliphatic heterocycles. The number of nitrogen functional groups attached to an aromatic ring is 1. The quantitative estimate of drug-likeness (QED) is 0.157. The number of esters is 1. The molecule has 0 atom stereocenters. The topological polar surface area (TPSA) is 132 Å². The van der Waals surface area contributed by atoms with Crippen LogP contribution in [0, 0.1) is 35.1 Å². The molecule has 4 rings (SSSR count). The predicted octanol–water partition coefficient (Wildman–Crippen LogP) is 5.12. The number of carbonyl (C=O) groups is 2. The van der Waals surface area contributed by atoms with Gasteiger partial charge in [0.2, 0.25) is 0 Å². The molecule has 0 spiro atoms. The zero-order valence-electron chi connectivity index (χ0n) is 20.3. The van der Waals surface area contributed by atoms with Gasteiger partial charge < -0.3 is 25.5 Å². The van der Waals surface area contributed by atoms with Gasteiger partial charge in [-0.1, -0.05) is 11.2 Å². The van der Waals surface area contributed by atoms with E-state index in [0.29, 0.717) is 43.6 Å². The fraction of sp³-hybridized carbons (Fsp3) is 0.360. The van der Waals surface area contributed by atoms with Gasteiger partial charge in [-0.25, -0.2) is 17.6 Å². The smallest absolute Gasteiger partial charge is 0.320 e. The highest BCUT2D eigenvalue weighted by Crippen LogP contribution is 2.34. The zero-order chi connectivity index (χ0) is 27.4. The summed E-state index contributed by atoms with van der Waals surface area (Å²) in [5.41, 5.74) is 5.42. The van der Waals surface area contributed by atoms with Crippen LogP contribution in [-0.2, 0) is 16.0 Å².